The van der Waals surface area contributed by atoms with E-state index in [1.54, 1.807) is 49.4 Å². The zero-order valence-electron chi connectivity index (χ0n) is 18.6. The lowest BCUT2D eigenvalue weighted by Gasteiger charge is -2.20. The van der Waals surface area contributed by atoms with E-state index in [1.807, 2.05) is 0 Å². The number of hydrogen-bond acceptors (Lipinski definition) is 6. The highest BCUT2D eigenvalue weighted by atomic mass is 32.2. The Labute approximate surface area is 200 Å². The second-order valence-electron chi connectivity index (χ2n) is 7.73. The van der Waals surface area contributed by atoms with Crippen LogP contribution < -0.4 is 14.4 Å². The first-order valence-electron chi connectivity index (χ1n) is 10.6. The molecule has 4 rings (SSSR count). The summed E-state index contributed by atoms with van der Waals surface area (Å²) in [7, 11) is 3.34. The van der Waals surface area contributed by atoms with Crippen molar-refractivity contribution in [1.82, 2.24) is 4.90 Å². The standard InChI is InChI=1S/C24H23F2N3O4S/c1-28(16-5-6-16)21(30)14-34-24-27-20(13-15-3-9-18(32-2)10-4-15)22(31)29(24)17-7-11-19(12-8-17)33-23(25)26/h3-4,7-13,16,23H,5-6,14H2,1-2H3/b20-13-. The number of carbonyl (C=O) groups excluding carboxylic acids is 2. The summed E-state index contributed by atoms with van der Waals surface area (Å²) in [5.74, 6) is 0.356. The van der Waals surface area contributed by atoms with E-state index in [0.717, 1.165) is 30.2 Å². The zero-order chi connectivity index (χ0) is 24.2. The van der Waals surface area contributed by atoms with Crippen LogP contribution in [0.1, 0.15) is 18.4 Å². The normalized spacial score (nSPS) is 16.7. The Morgan fingerprint density at radius 1 is 1.18 bits per heavy atom. The third-order valence-corrected chi connectivity index (χ3v) is 6.30. The number of nitrogens with zero attached hydrogens (tertiary/aromatic N) is 3. The van der Waals surface area contributed by atoms with E-state index in [9.17, 15) is 18.4 Å². The molecule has 1 aliphatic carbocycles. The highest BCUT2D eigenvalue weighted by Gasteiger charge is 2.34. The minimum absolute atomic E-state index is 0.0215. The van der Waals surface area contributed by atoms with Gasteiger partial charge in [0.2, 0.25) is 5.91 Å². The molecule has 2 aromatic rings. The molecular formula is C24H23F2N3O4S. The van der Waals surface area contributed by atoms with Gasteiger partial charge in [-0.3, -0.25) is 14.5 Å². The molecule has 7 nitrogen and oxygen atoms in total. The van der Waals surface area contributed by atoms with Gasteiger partial charge in [0.25, 0.3) is 5.91 Å². The number of anilines is 1. The first-order chi connectivity index (χ1) is 16.4. The Hall–Kier alpha value is -3.40. The van der Waals surface area contributed by atoms with Crippen molar-refractivity contribution in [2.24, 2.45) is 4.99 Å². The van der Waals surface area contributed by atoms with Crippen LogP contribution in [0, 0.1) is 0 Å². The maximum Gasteiger partial charge on any atom is 0.387 e. The van der Waals surface area contributed by atoms with Gasteiger partial charge in [-0.25, -0.2) is 4.99 Å². The van der Waals surface area contributed by atoms with Crippen LogP contribution >= 0.6 is 11.8 Å². The number of alkyl halides is 2. The molecule has 0 atom stereocenters. The number of hydrogen-bond donors (Lipinski definition) is 0. The van der Waals surface area contributed by atoms with Gasteiger partial charge in [0.05, 0.1) is 18.6 Å². The average molecular weight is 488 g/mol. The van der Waals surface area contributed by atoms with Gasteiger partial charge in [0.15, 0.2) is 5.17 Å². The van der Waals surface area contributed by atoms with Crippen LogP contribution in [0.3, 0.4) is 0 Å². The van der Waals surface area contributed by atoms with Crippen LogP contribution in [0.4, 0.5) is 14.5 Å². The molecule has 2 aliphatic rings. The van der Waals surface area contributed by atoms with Gasteiger partial charge in [-0.1, -0.05) is 23.9 Å². The molecule has 0 spiro atoms. The van der Waals surface area contributed by atoms with Crippen LogP contribution in [-0.4, -0.2) is 54.4 Å². The quantitative estimate of drug-likeness (QED) is 0.517. The van der Waals surface area contributed by atoms with E-state index in [2.05, 4.69) is 9.73 Å². The predicted molar refractivity (Wildman–Crippen MR) is 127 cm³/mol. The van der Waals surface area contributed by atoms with Gasteiger partial charge in [-0.2, -0.15) is 8.78 Å². The number of methoxy groups -OCH3 is 1. The lowest BCUT2D eigenvalue weighted by atomic mass is 10.2. The van der Waals surface area contributed by atoms with Crippen molar-refractivity contribution in [2.45, 2.75) is 25.5 Å². The Bertz CT molecular complexity index is 1120. The highest BCUT2D eigenvalue weighted by molar-refractivity contribution is 8.14. The molecule has 0 aromatic heterocycles. The van der Waals surface area contributed by atoms with E-state index in [1.165, 1.54) is 29.2 Å². The largest absolute Gasteiger partial charge is 0.497 e. The van der Waals surface area contributed by atoms with E-state index < -0.39 is 6.61 Å². The van der Waals surface area contributed by atoms with Gasteiger partial charge < -0.3 is 14.4 Å². The summed E-state index contributed by atoms with van der Waals surface area (Å²) in [5.41, 5.74) is 1.38. The summed E-state index contributed by atoms with van der Waals surface area (Å²) in [6.45, 7) is -2.94. The predicted octanol–water partition coefficient (Wildman–Crippen LogP) is 4.39. The number of thioether (sulfide) groups is 1. The number of amidine groups is 1. The molecule has 1 aliphatic heterocycles. The number of amides is 2. The lowest BCUT2D eigenvalue weighted by molar-refractivity contribution is -0.127. The van der Waals surface area contributed by atoms with Gasteiger partial charge in [-0.15, -0.1) is 0 Å². The summed E-state index contributed by atoms with van der Waals surface area (Å²) in [6, 6.07) is 13.1. The minimum Gasteiger partial charge on any atom is -0.497 e. The Balaban J connectivity index is 1.59. The van der Waals surface area contributed by atoms with Crippen molar-refractivity contribution in [3.05, 3.63) is 59.8 Å². The van der Waals surface area contributed by atoms with Gasteiger partial charge in [0, 0.05) is 13.1 Å². The molecule has 0 bridgehead atoms. The van der Waals surface area contributed by atoms with E-state index in [4.69, 9.17) is 4.74 Å². The monoisotopic (exact) mass is 487 g/mol. The second kappa shape index (κ2) is 10.3. The molecule has 1 saturated carbocycles. The number of benzene rings is 2. The fraction of sp³-hybridized carbons (Fsp3) is 0.292. The van der Waals surface area contributed by atoms with Crippen molar-refractivity contribution in [1.29, 1.82) is 0 Å². The number of halogens is 2. The van der Waals surface area contributed by atoms with E-state index >= 15 is 0 Å². The Morgan fingerprint density at radius 2 is 1.82 bits per heavy atom. The Kier molecular flexibility index (Phi) is 7.16. The van der Waals surface area contributed by atoms with Crippen LogP contribution in [-0.2, 0) is 9.59 Å². The second-order valence-corrected chi connectivity index (χ2v) is 8.68. The first kappa shape index (κ1) is 23.7. The van der Waals surface area contributed by atoms with Gasteiger partial charge >= 0.3 is 6.61 Å². The highest BCUT2D eigenvalue weighted by Crippen LogP contribution is 2.32. The molecule has 1 heterocycles. The molecular weight excluding hydrogens is 464 g/mol. The molecule has 178 valence electrons. The van der Waals surface area contributed by atoms with E-state index in [0.29, 0.717) is 16.6 Å². The summed E-state index contributed by atoms with van der Waals surface area (Å²) in [6.07, 6.45) is 3.65. The minimum atomic E-state index is -2.94. The molecule has 0 saturated heterocycles. The number of aliphatic imine (C=N–C) groups is 1. The lowest BCUT2D eigenvalue weighted by Crippen LogP contribution is -2.33. The third-order valence-electron chi connectivity index (χ3n) is 5.38. The van der Waals surface area contributed by atoms with Crippen molar-refractivity contribution >= 4 is 40.5 Å². The average Bonchev–Trinajstić information content (AvgIpc) is 3.63. The Morgan fingerprint density at radius 3 is 2.41 bits per heavy atom. The summed E-state index contributed by atoms with van der Waals surface area (Å²) >= 11 is 1.16. The molecule has 0 unspecified atom stereocenters. The van der Waals surface area contributed by atoms with Crippen molar-refractivity contribution in [3.8, 4) is 11.5 Å². The molecule has 2 aromatic carbocycles. The van der Waals surface area contributed by atoms with Crippen molar-refractivity contribution in [3.63, 3.8) is 0 Å². The smallest absolute Gasteiger partial charge is 0.387 e. The molecule has 34 heavy (non-hydrogen) atoms. The molecule has 2 amide bonds. The van der Waals surface area contributed by atoms with Crippen molar-refractivity contribution < 1.29 is 27.8 Å². The molecule has 10 heteroatoms. The molecule has 0 N–H and O–H groups in total. The number of ether oxygens (including phenoxy) is 2. The fourth-order valence-corrected chi connectivity index (χ4v) is 4.29. The summed E-state index contributed by atoms with van der Waals surface area (Å²) < 4.78 is 34.5. The number of rotatable bonds is 8. The maximum absolute atomic E-state index is 13.3. The topological polar surface area (TPSA) is 71.4 Å². The summed E-state index contributed by atoms with van der Waals surface area (Å²) in [4.78, 5) is 33.4. The summed E-state index contributed by atoms with van der Waals surface area (Å²) in [5, 5.41) is 0.338. The zero-order valence-corrected chi connectivity index (χ0v) is 19.4. The van der Waals surface area contributed by atoms with Crippen molar-refractivity contribution in [2.75, 3.05) is 24.8 Å². The molecule has 0 radical (unpaired) electrons. The number of carbonyl (C=O) groups is 2. The van der Waals surface area contributed by atoms with Gasteiger partial charge in [0.1, 0.15) is 17.2 Å². The van der Waals surface area contributed by atoms with Crippen LogP contribution in [0.2, 0.25) is 0 Å². The van der Waals surface area contributed by atoms with Gasteiger partial charge in [-0.05, 0) is 60.9 Å². The molecule has 1 fully saturated rings. The fourth-order valence-electron chi connectivity index (χ4n) is 3.35. The van der Waals surface area contributed by atoms with Crippen LogP contribution in [0.25, 0.3) is 6.08 Å². The van der Waals surface area contributed by atoms with Crippen LogP contribution in [0.15, 0.2) is 59.2 Å². The SMILES string of the molecule is COc1ccc(/C=C2\N=C(SCC(=O)N(C)C3CC3)N(c3ccc(OC(F)F)cc3)C2=O)cc1. The third kappa shape index (κ3) is 5.56. The van der Waals surface area contributed by atoms with E-state index in [-0.39, 0.29) is 35.1 Å². The van der Waals surface area contributed by atoms with Crippen LogP contribution in [0.5, 0.6) is 11.5 Å². The maximum atomic E-state index is 13.3. The first-order valence-corrected chi connectivity index (χ1v) is 11.6.